The quantitative estimate of drug-likeness (QED) is 0.645. The van der Waals surface area contributed by atoms with Crippen LogP contribution < -0.4 is 5.32 Å². The Morgan fingerprint density at radius 1 is 1.17 bits per heavy atom. The normalized spacial score (nSPS) is 17.2. The fourth-order valence-corrected chi connectivity index (χ4v) is 4.19. The molecule has 1 aliphatic rings. The zero-order valence-corrected chi connectivity index (χ0v) is 16.6. The van der Waals surface area contributed by atoms with Crippen LogP contribution in [0.25, 0.3) is 11.3 Å². The molecule has 3 aromatic rings. The molecule has 1 unspecified atom stereocenters. The number of nitrogens with one attached hydrogen (secondary N) is 1. The lowest BCUT2D eigenvalue weighted by Gasteiger charge is -2.32. The van der Waals surface area contributed by atoms with E-state index in [1.807, 2.05) is 29.6 Å². The standard InChI is InChI=1S/C22H21F2N3OS/c23-19-8-3-15(10-20(19)24)11-27-9-1-2-17(12-27)22(28)26-18-6-4-16(5-7-18)21-13-29-14-25-21/h3-8,10,13-14,17H,1-2,9,11-12H2,(H,26,28). The maximum Gasteiger partial charge on any atom is 0.228 e. The summed E-state index contributed by atoms with van der Waals surface area (Å²) in [5, 5.41) is 4.98. The molecular formula is C22H21F2N3OS. The number of amides is 1. The van der Waals surface area contributed by atoms with Gasteiger partial charge in [-0.2, -0.15) is 0 Å². The molecule has 1 saturated heterocycles. The molecule has 0 spiro atoms. The van der Waals surface area contributed by atoms with E-state index in [1.54, 1.807) is 22.9 Å². The first-order valence-electron chi connectivity index (χ1n) is 9.54. The average Bonchev–Trinajstić information content (AvgIpc) is 3.26. The van der Waals surface area contributed by atoms with Crippen LogP contribution in [0.3, 0.4) is 0 Å². The minimum atomic E-state index is -0.842. The average molecular weight is 413 g/mol. The van der Waals surface area contributed by atoms with Gasteiger partial charge >= 0.3 is 0 Å². The van der Waals surface area contributed by atoms with E-state index in [-0.39, 0.29) is 11.8 Å². The largest absolute Gasteiger partial charge is 0.326 e. The van der Waals surface area contributed by atoms with E-state index < -0.39 is 11.6 Å². The van der Waals surface area contributed by atoms with Crippen molar-refractivity contribution in [2.75, 3.05) is 18.4 Å². The number of nitrogens with zero attached hydrogens (tertiary/aromatic N) is 2. The third-order valence-corrected chi connectivity index (χ3v) is 5.73. The first-order valence-corrected chi connectivity index (χ1v) is 10.5. The predicted molar refractivity (Wildman–Crippen MR) is 111 cm³/mol. The predicted octanol–water partition coefficient (Wildman–Crippen LogP) is 4.94. The fourth-order valence-electron chi connectivity index (χ4n) is 3.63. The van der Waals surface area contributed by atoms with Gasteiger partial charge in [-0.05, 0) is 49.2 Å². The summed E-state index contributed by atoms with van der Waals surface area (Å²) in [6, 6.07) is 11.6. The molecule has 150 valence electrons. The van der Waals surface area contributed by atoms with Gasteiger partial charge in [0.15, 0.2) is 11.6 Å². The summed E-state index contributed by atoms with van der Waals surface area (Å²) < 4.78 is 26.6. The number of rotatable bonds is 5. The third kappa shape index (κ3) is 4.86. The van der Waals surface area contributed by atoms with Crippen molar-refractivity contribution in [2.24, 2.45) is 5.92 Å². The molecule has 2 aromatic carbocycles. The van der Waals surface area contributed by atoms with Crippen molar-refractivity contribution in [3.8, 4) is 11.3 Å². The number of likely N-dealkylation sites (tertiary alicyclic amines) is 1. The highest BCUT2D eigenvalue weighted by atomic mass is 32.1. The molecule has 0 radical (unpaired) electrons. The zero-order chi connectivity index (χ0) is 20.2. The first-order chi connectivity index (χ1) is 14.1. The van der Waals surface area contributed by atoms with E-state index in [2.05, 4.69) is 15.2 Å². The molecule has 4 rings (SSSR count). The molecule has 1 amide bonds. The summed E-state index contributed by atoms with van der Waals surface area (Å²) in [6.07, 6.45) is 1.71. The van der Waals surface area contributed by atoms with Gasteiger partial charge in [0.2, 0.25) is 5.91 Å². The molecule has 4 nitrogen and oxygen atoms in total. The van der Waals surface area contributed by atoms with Gasteiger partial charge in [-0.15, -0.1) is 11.3 Å². The van der Waals surface area contributed by atoms with Crippen LogP contribution in [0.5, 0.6) is 0 Å². The highest BCUT2D eigenvalue weighted by molar-refractivity contribution is 7.07. The third-order valence-electron chi connectivity index (χ3n) is 5.15. The number of carbonyl (C=O) groups excluding carboxylic acids is 1. The number of carbonyl (C=O) groups is 1. The molecule has 1 fully saturated rings. The number of halogens is 2. The first kappa shape index (κ1) is 19.7. The smallest absolute Gasteiger partial charge is 0.228 e. The van der Waals surface area contributed by atoms with E-state index in [0.29, 0.717) is 18.7 Å². The zero-order valence-electron chi connectivity index (χ0n) is 15.8. The lowest BCUT2D eigenvalue weighted by molar-refractivity contribution is -0.121. The van der Waals surface area contributed by atoms with Crippen LogP contribution >= 0.6 is 11.3 Å². The van der Waals surface area contributed by atoms with Crippen molar-refractivity contribution >= 4 is 22.9 Å². The number of aromatic nitrogens is 1. The Bertz CT molecular complexity index is 976. The van der Waals surface area contributed by atoms with Crippen molar-refractivity contribution in [3.63, 3.8) is 0 Å². The van der Waals surface area contributed by atoms with Crippen molar-refractivity contribution in [1.29, 1.82) is 0 Å². The topological polar surface area (TPSA) is 45.2 Å². The summed E-state index contributed by atoms with van der Waals surface area (Å²) in [5.41, 5.74) is 5.20. The molecule has 29 heavy (non-hydrogen) atoms. The summed E-state index contributed by atoms with van der Waals surface area (Å²) in [6.45, 7) is 1.94. The van der Waals surface area contributed by atoms with Crippen LogP contribution in [0.15, 0.2) is 53.4 Å². The van der Waals surface area contributed by atoms with Gasteiger partial charge in [0, 0.05) is 29.7 Å². The van der Waals surface area contributed by atoms with E-state index in [9.17, 15) is 13.6 Å². The van der Waals surface area contributed by atoms with Gasteiger partial charge in [-0.25, -0.2) is 13.8 Å². The number of thiazole rings is 1. The monoisotopic (exact) mass is 413 g/mol. The Morgan fingerprint density at radius 3 is 2.72 bits per heavy atom. The second-order valence-corrected chi connectivity index (χ2v) is 7.98. The van der Waals surface area contributed by atoms with Crippen LogP contribution in [0, 0.1) is 17.6 Å². The molecule has 0 saturated carbocycles. The molecule has 1 atom stereocenters. The second kappa shape index (κ2) is 8.80. The molecule has 1 aliphatic heterocycles. The van der Waals surface area contributed by atoms with Crippen LogP contribution in [-0.2, 0) is 11.3 Å². The van der Waals surface area contributed by atoms with Crippen molar-refractivity contribution in [2.45, 2.75) is 19.4 Å². The number of anilines is 1. The maximum absolute atomic E-state index is 13.4. The van der Waals surface area contributed by atoms with Gasteiger partial charge in [-0.3, -0.25) is 9.69 Å². The van der Waals surface area contributed by atoms with E-state index in [4.69, 9.17) is 0 Å². The van der Waals surface area contributed by atoms with Crippen molar-refractivity contribution < 1.29 is 13.6 Å². The van der Waals surface area contributed by atoms with Crippen LogP contribution in [0.2, 0.25) is 0 Å². The van der Waals surface area contributed by atoms with Crippen LogP contribution in [0.4, 0.5) is 14.5 Å². The summed E-state index contributed by atoms with van der Waals surface area (Å²) in [4.78, 5) is 19.1. The lowest BCUT2D eigenvalue weighted by atomic mass is 9.96. The molecule has 2 heterocycles. The molecule has 1 aromatic heterocycles. The van der Waals surface area contributed by atoms with E-state index >= 15 is 0 Å². The lowest BCUT2D eigenvalue weighted by Crippen LogP contribution is -2.40. The van der Waals surface area contributed by atoms with Gasteiger partial charge in [-0.1, -0.05) is 18.2 Å². The summed E-state index contributed by atoms with van der Waals surface area (Å²) in [7, 11) is 0. The van der Waals surface area contributed by atoms with Gasteiger partial charge in [0.05, 0.1) is 17.1 Å². The maximum atomic E-state index is 13.4. The van der Waals surface area contributed by atoms with Crippen molar-refractivity contribution in [1.82, 2.24) is 9.88 Å². The molecule has 1 N–H and O–H groups in total. The fraction of sp³-hybridized carbons (Fsp3) is 0.273. The highest BCUT2D eigenvalue weighted by Crippen LogP contribution is 2.24. The second-order valence-electron chi connectivity index (χ2n) is 7.26. The summed E-state index contributed by atoms with van der Waals surface area (Å²) >= 11 is 1.55. The van der Waals surface area contributed by atoms with Gasteiger partial charge in [0.1, 0.15) is 0 Å². The minimum absolute atomic E-state index is 0.0126. The Morgan fingerprint density at radius 2 is 2.00 bits per heavy atom. The van der Waals surface area contributed by atoms with Gasteiger partial charge in [0.25, 0.3) is 0 Å². The number of benzene rings is 2. The van der Waals surface area contributed by atoms with Crippen LogP contribution in [0.1, 0.15) is 18.4 Å². The number of hydrogen-bond donors (Lipinski definition) is 1. The van der Waals surface area contributed by atoms with E-state index in [0.717, 1.165) is 42.4 Å². The molecular weight excluding hydrogens is 392 g/mol. The minimum Gasteiger partial charge on any atom is -0.326 e. The molecule has 0 aliphatic carbocycles. The Hall–Kier alpha value is -2.64. The Balaban J connectivity index is 1.35. The summed E-state index contributed by atoms with van der Waals surface area (Å²) in [5.74, 6) is -1.82. The highest BCUT2D eigenvalue weighted by Gasteiger charge is 2.26. The van der Waals surface area contributed by atoms with E-state index in [1.165, 1.54) is 6.07 Å². The molecule has 0 bridgehead atoms. The number of piperidine rings is 1. The SMILES string of the molecule is O=C(Nc1ccc(-c2cscn2)cc1)C1CCCN(Cc2ccc(F)c(F)c2)C1. The Labute approximate surface area is 172 Å². The number of hydrogen-bond acceptors (Lipinski definition) is 4. The van der Waals surface area contributed by atoms with Crippen molar-refractivity contribution in [3.05, 3.63) is 70.6 Å². The van der Waals surface area contributed by atoms with Crippen LogP contribution in [-0.4, -0.2) is 28.9 Å². The Kier molecular flexibility index (Phi) is 5.97. The molecule has 7 heteroatoms. The van der Waals surface area contributed by atoms with Gasteiger partial charge < -0.3 is 5.32 Å².